The van der Waals surface area contributed by atoms with Crippen molar-refractivity contribution in [3.05, 3.63) is 65.0 Å². The molecule has 1 saturated heterocycles. The van der Waals surface area contributed by atoms with Gasteiger partial charge in [-0.1, -0.05) is 29.8 Å². The molecule has 0 aromatic heterocycles. The SMILES string of the molecule is Cc1ccc(N(Cc2ccc(C(=O)CO)cc2F)C(=O)N2CCOCC2)cc1. The van der Waals surface area contributed by atoms with Gasteiger partial charge in [-0.15, -0.1) is 0 Å². The fraction of sp³-hybridized carbons (Fsp3) is 0.333. The van der Waals surface area contributed by atoms with Gasteiger partial charge in [0.25, 0.3) is 0 Å². The molecule has 0 spiro atoms. The lowest BCUT2D eigenvalue weighted by atomic mass is 10.1. The number of amides is 2. The van der Waals surface area contributed by atoms with Crippen molar-refractivity contribution in [3.8, 4) is 0 Å². The van der Waals surface area contributed by atoms with Crippen LogP contribution >= 0.6 is 0 Å². The van der Waals surface area contributed by atoms with E-state index in [9.17, 15) is 14.0 Å². The van der Waals surface area contributed by atoms with Gasteiger partial charge in [-0.05, 0) is 25.1 Å². The summed E-state index contributed by atoms with van der Waals surface area (Å²) in [5.74, 6) is -1.14. The lowest BCUT2D eigenvalue weighted by molar-refractivity contribution is 0.0548. The minimum absolute atomic E-state index is 0.0265. The smallest absolute Gasteiger partial charge is 0.324 e. The zero-order chi connectivity index (χ0) is 20.1. The number of morpholine rings is 1. The number of carbonyl (C=O) groups excluding carboxylic acids is 2. The van der Waals surface area contributed by atoms with Gasteiger partial charge in [0.05, 0.1) is 19.8 Å². The number of ether oxygens (including phenoxy) is 1. The van der Waals surface area contributed by atoms with E-state index in [1.54, 1.807) is 4.90 Å². The highest BCUT2D eigenvalue weighted by atomic mass is 19.1. The normalized spacial score (nSPS) is 14.0. The minimum atomic E-state index is -0.677. The molecule has 1 aliphatic rings. The Bertz CT molecular complexity index is 848. The number of nitrogens with zero attached hydrogens (tertiary/aromatic N) is 2. The van der Waals surface area contributed by atoms with E-state index in [1.165, 1.54) is 17.0 Å². The summed E-state index contributed by atoms with van der Waals surface area (Å²) in [6, 6.07) is 11.3. The number of aliphatic hydroxyl groups is 1. The molecule has 0 saturated carbocycles. The Labute approximate surface area is 163 Å². The van der Waals surface area contributed by atoms with Crippen molar-refractivity contribution in [1.29, 1.82) is 0 Å². The maximum absolute atomic E-state index is 14.6. The standard InChI is InChI=1S/C21H23FN2O4/c1-15-2-6-18(7-3-15)24(21(27)23-8-10-28-11-9-23)13-17-5-4-16(12-19(17)22)20(26)14-25/h2-7,12,25H,8-11,13-14H2,1H3. The first-order valence-electron chi connectivity index (χ1n) is 9.13. The topological polar surface area (TPSA) is 70.1 Å². The lowest BCUT2D eigenvalue weighted by Gasteiger charge is -2.33. The maximum Gasteiger partial charge on any atom is 0.324 e. The van der Waals surface area contributed by atoms with E-state index < -0.39 is 18.2 Å². The molecule has 0 unspecified atom stereocenters. The van der Waals surface area contributed by atoms with Crippen LogP contribution in [0.3, 0.4) is 0 Å². The van der Waals surface area contributed by atoms with Crippen molar-refractivity contribution >= 4 is 17.5 Å². The van der Waals surface area contributed by atoms with Gasteiger partial charge in [0.1, 0.15) is 12.4 Å². The number of hydrogen-bond acceptors (Lipinski definition) is 4. The highest BCUT2D eigenvalue weighted by Crippen LogP contribution is 2.22. The van der Waals surface area contributed by atoms with Gasteiger partial charge in [-0.25, -0.2) is 9.18 Å². The van der Waals surface area contributed by atoms with Crippen LogP contribution in [-0.2, 0) is 11.3 Å². The maximum atomic E-state index is 14.6. The first kappa shape index (κ1) is 20.0. The third-order valence-corrected chi connectivity index (χ3v) is 4.71. The van der Waals surface area contributed by atoms with Gasteiger partial charge >= 0.3 is 6.03 Å². The van der Waals surface area contributed by atoms with Crippen LogP contribution in [0.4, 0.5) is 14.9 Å². The fourth-order valence-corrected chi connectivity index (χ4v) is 3.03. The molecule has 28 heavy (non-hydrogen) atoms. The van der Waals surface area contributed by atoms with E-state index in [2.05, 4.69) is 0 Å². The van der Waals surface area contributed by atoms with E-state index in [1.807, 2.05) is 31.2 Å². The number of benzene rings is 2. The summed E-state index contributed by atoms with van der Waals surface area (Å²) >= 11 is 0. The van der Waals surface area contributed by atoms with Crippen molar-refractivity contribution in [1.82, 2.24) is 4.90 Å². The monoisotopic (exact) mass is 386 g/mol. The largest absolute Gasteiger partial charge is 0.388 e. The second kappa shape index (κ2) is 8.95. The number of aryl methyl sites for hydroxylation is 1. The molecule has 1 fully saturated rings. The summed E-state index contributed by atoms with van der Waals surface area (Å²) in [5, 5.41) is 8.94. The summed E-state index contributed by atoms with van der Waals surface area (Å²) in [7, 11) is 0. The Kier molecular flexibility index (Phi) is 6.38. The molecule has 1 heterocycles. The van der Waals surface area contributed by atoms with Crippen LogP contribution in [-0.4, -0.2) is 54.7 Å². The zero-order valence-corrected chi connectivity index (χ0v) is 15.7. The molecule has 0 aliphatic carbocycles. The van der Waals surface area contributed by atoms with Gasteiger partial charge in [0.15, 0.2) is 5.78 Å². The molecule has 1 N–H and O–H groups in total. The molecule has 2 aromatic rings. The molecular weight excluding hydrogens is 363 g/mol. The molecule has 7 heteroatoms. The Morgan fingerprint density at radius 2 is 1.82 bits per heavy atom. The molecule has 2 amide bonds. The Morgan fingerprint density at radius 1 is 1.14 bits per heavy atom. The number of ketones is 1. The average molecular weight is 386 g/mol. The average Bonchev–Trinajstić information content (AvgIpc) is 2.73. The van der Waals surface area contributed by atoms with Gasteiger partial charge in [0, 0.05) is 29.9 Å². The zero-order valence-electron chi connectivity index (χ0n) is 15.7. The van der Waals surface area contributed by atoms with Crippen LogP contribution in [0.25, 0.3) is 0 Å². The lowest BCUT2D eigenvalue weighted by Crippen LogP contribution is -2.48. The first-order chi connectivity index (χ1) is 13.5. The number of halogens is 1. The van der Waals surface area contributed by atoms with E-state index in [0.717, 1.165) is 11.6 Å². The van der Waals surface area contributed by atoms with Crippen LogP contribution < -0.4 is 4.90 Å². The van der Waals surface area contributed by atoms with Crippen LogP contribution in [0.15, 0.2) is 42.5 Å². The third-order valence-electron chi connectivity index (χ3n) is 4.71. The summed E-state index contributed by atoms with van der Waals surface area (Å²) in [4.78, 5) is 27.9. The number of rotatable bonds is 5. The van der Waals surface area contributed by atoms with Crippen LogP contribution in [0.1, 0.15) is 21.5 Å². The van der Waals surface area contributed by atoms with Crippen LogP contribution in [0.2, 0.25) is 0 Å². The highest BCUT2D eigenvalue weighted by Gasteiger charge is 2.25. The molecule has 0 radical (unpaired) electrons. The summed E-state index contributed by atoms with van der Waals surface area (Å²) < 4.78 is 19.9. The van der Waals surface area contributed by atoms with Crippen LogP contribution in [0.5, 0.6) is 0 Å². The van der Waals surface area contributed by atoms with E-state index in [0.29, 0.717) is 32.0 Å². The van der Waals surface area contributed by atoms with Gasteiger partial charge in [0.2, 0.25) is 0 Å². The molecule has 2 aromatic carbocycles. The number of carbonyl (C=O) groups is 2. The van der Waals surface area contributed by atoms with Crippen molar-refractivity contribution in [2.24, 2.45) is 0 Å². The first-order valence-corrected chi connectivity index (χ1v) is 9.13. The number of urea groups is 1. The summed E-state index contributed by atoms with van der Waals surface area (Å²) in [6.45, 7) is 3.21. The Morgan fingerprint density at radius 3 is 2.43 bits per heavy atom. The fourth-order valence-electron chi connectivity index (χ4n) is 3.03. The summed E-state index contributed by atoms with van der Waals surface area (Å²) in [6.07, 6.45) is 0. The minimum Gasteiger partial charge on any atom is -0.388 e. The van der Waals surface area contributed by atoms with Gasteiger partial charge < -0.3 is 14.7 Å². The summed E-state index contributed by atoms with van der Waals surface area (Å²) in [5.41, 5.74) is 2.11. The second-order valence-corrected chi connectivity index (χ2v) is 6.69. The van der Waals surface area contributed by atoms with E-state index in [-0.39, 0.29) is 23.7 Å². The quantitative estimate of drug-likeness (QED) is 0.803. The number of hydrogen-bond donors (Lipinski definition) is 1. The Balaban J connectivity index is 1.89. The van der Waals surface area contributed by atoms with Crippen molar-refractivity contribution < 1.29 is 23.8 Å². The van der Waals surface area contributed by atoms with Gasteiger partial charge in [-0.2, -0.15) is 0 Å². The molecule has 0 atom stereocenters. The molecule has 0 bridgehead atoms. The molecule has 6 nitrogen and oxygen atoms in total. The molecule has 3 rings (SSSR count). The Hall–Kier alpha value is -2.77. The third kappa shape index (κ3) is 4.55. The van der Waals surface area contributed by atoms with Crippen molar-refractivity contribution in [2.45, 2.75) is 13.5 Å². The second-order valence-electron chi connectivity index (χ2n) is 6.69. The van der Waals surface area contributed by atoms with E-state index >= 15 is 0 Å². The van der Waals surface area contributed by atoms with Crippen LogP contribution in [0, 0.1) is 12.7 Å². The molecule has 1 aliphatic heterocycles. The predicted octanol–water partition coefficient (Wildman–Crippen LogP) is 2.77. The molecule has 148 valence electrons. The van der Waals surface area contributed by atoms with E-state index in [4.69, 9.17) is 9.84 Å². The predicted molar refractivity (Wildman–Crippen MR) is 103 cm³/mol. The molecular formula is C21H23FN2O4. The number of aliphatic hydroxyl groups excluding tert-OH is 1. The van der Waals surface area contributed by atoms with Gasteiger partial charge in [-0.3, -0.25) is 9.69 Å². The van der Waals surface area contributed by atoms with Crippen molar-refractivity contribution in [3.63, 3.8) is 0 Å². The number of anilines is 1. The highest BCUT2D eigenvalue weighted by molar-refractivity contribution is 5.97. The number of Topliss-reactive ketones (excluding diaryl/α,β-unsaturated/α-hetero) is 1. The van der Waals surface area contributed by atoms with Crippen molar-refractivity contribution in [2.75, 3.05) is 37.8 Å².